The van der Waals surface area contributed by atoms with Gasteiger partial charge in [0.15, 0.2) is 0 Å². The molecule has 0 amide bonds. The fraction of sp³-hybridized carbons (Fsp3) is 0.667. The Kier molecular flexibility index (Phi) is 14.5. The first kappa shape index (κ1) is 24.2. The molecule has 4 nitrogen and oxygen atoms in total. The van der Waals surface area contributed by atoms with E-state index in [1.807, 2.05) is 0 Å². The van der Waals surface area contributed by atoms with Gasteiger partial charge in [-0.15, -0.1) is 0 Å². The van der Waals surface area contributed by atoms with Crippen LogP contribution in [0.25, 0.3) is 0 Å². The first-order chi connectivity index (χ1) is 11.1. The van der Waals surface area contributed by atoms with E-state index >= 15 is 0 Å². The van der Waals surface area contributed by atoms with Crippen molar-refractivity contribution in [2.45, 2.75) is 76.0 Å². The SMILES string of the molecule is CCCCCCCCCCCCOS(=O)(=O)c1ccc(O)cc1.[CaH2]. The summed E-state index contributed by atoms with van der Waals surface area (Å²) in [7, 11) is -3.70. The van der Waals surface area contributed by atoms with Crippen LogP contribution in [0.4, 0.5) is 0 Å². The monoisotopic (exact) mass is 384 g/mol. The Morgan fingerprint density at radius 3 is 1.79 bits per heavy atom. The Bertz CT molecular complexity index is 514. The van der Waals surface area contributed by atoms with Crippen LogP contribution in [0.5, 0.6) is 5.75 Å². The van der Waals surface area contributed by atoms with Crippen molar-refractivity contribution in [2.75, 3.05) is 6.61 Å². The minimum atomic E-state index is -3.70. The number of benzene rings is 1. The number of aromatic hydroxyl groups is 1. The van der Waals surface area contributed by atoms with Gasteiger partial charge < -0.3 is 5.11 Å². The van der Waals surface area contributed by atoms with Gasteiger partial charge in [-0.1, -0.05) is 64.7 Å². The number of rotatable bonds is 13. The maximum atomic E-state index is 11.9. The first-order valence-corrected chi connectivity index (χ1v) is 10.2. The van der Waals surface area contributed by atoms with E-state index in [-0.39, 0.29) is 55.0 Å². The number of phenolic OH excluding ortho intramolecular Hbond substituents is 1. The number of unbranched alkanes of at least 4 members (excludes halogenated alkanes) is 9. The Balaban J connectivity index is 0.00000529. The van der Waals surface area contributed by atoms with Crippen LogP contribution < -0.4 is 0 Å². The van der Waals surface area contributed by atoms with Gasteiger partial charge in [0.1, 0.15) is 5.75 Å². The maximum absolute atomic E-state index is 11.9. The van der Waals surface area contributed by atoms with E-state index in [1.54, 1.807) is 0 Å². The average molecular weight is 385 g/mol. The molecule has 0 radical (unpaired) electrons. The number of phenols is 1. The Morgan fingerprint density at radius 1 is 0.833 bits per heavy atom. The molecule has 24 heavy (non-hydrogen) atoms. The van der Waals surface area contributed by atoms with Crippen molar-refractivity contribution in [2.24, 2.45) is 0 Å². The molecule has 0 aliphatic rings. The van der Waals surface area contributed by atoms with Gasteiger partial charge in [0.05, 0.1) is 11.5 Å². The molecule has 0 heterocycles. The molecule has 1 N–H and O–H groups in total. The van der Waals surface area contributed by atoms with Gasteiger partial charge in [-0.3, -0.25) is 4.18 Å². The first-order valence-electron chi connectivity index (χ1n) is 8.74. The van der Waals surface area contributed by atoms with Crippen LogP contribution in [-0.2, 0) is 14.3 Å². The zero-order valence-corrected chi connectivity index (χ0v) is 15.0. The molecule has 1 aromatic rings. The van der Waals surface area contributed by atoms with Crippen LogP contribution >= 0.6 is 0 Å². The van der Waals surface area contributed by atoms with Crippen LogP contribution in [0.15, 0.2) is 29.2 Å². The quantitative estimate of drug-likeness (QED) is 0.316. The molecule has 6 heteroatoms. The summed E-state index contributed by atoms with van der Waals surface area (Å²) < 4.78 is 28.8. The molecule has 0 saturated carbocycles. The predicted octanol–water partition coefficient (Wildman–Crippen LogP) is 4.10. The predicted molar refractivity (Wildman–Crippen MR) is 102 cm³/mol. The minimum absolute atomic E-state index is 0. The van der Waals surface area contributed by atoms with Crippen molar-refractivity contribution in [3.8, 4) is 5.75 Å². The van der Waals surface area contributed by atoms with Gasteiger partial charge in [-0.05, 0) is 30.7 Å². The van der Waals surface area contributed by atoms with E-state index in [0.717, 1.165) is 19.3 Å². The third-order valence-electron chi connectivity index (χ3n) is 3.86. The third kappa shape index (κ3) is 10.9. The van der Waals surface area contributed by atoms with Crippen molar-refractivity contribution in [3.05, 3.63) is 24.3 Å². The third-order valence-corrected chi connectivity index (χ3v) is 5.19. The molecular formula is C18H32CaO4S. The van der Waals surface area contributed by atoms with E-state index in [0.29, 0.717) is 0 Å². The van der Waals surface area contributed by atoms with Gasteiger partial charge in [-0.25, -0.2) is 0 Å². The second-order valence-corrected chi connectivity index (χ2v) is 7.57. The fourth-order valence-corrected chi connectivity index (χ4v) is 3.38. The number of hydrogen-bond donors (Lipinski definition) is 1. The molecule has 136 valence electrons. The second kappa shape index (κ2) is 14.4. The van der Waals surface area contributed by atoms with E-state index in [4.69, 9.17) is 9.29 Å². The summed E-state index contributed by atoms with van der Waals surface area (Å²) in [6.07, 6.45) is 12.0. The molecule has 0 bridgehead atoms. The second-order valence-electron chi connectivity index (χ2n) is 5.95. The molecule has 1 aromatic carbocycles. The summed E-state index contributed by atoms with van der Waals surface area (Å²) in [5.41, 5.74) is 0. The van der Waals surface area contributed by atoms with E-state index in [2.05, 4.69) is 6.92 Å². The average Bonchev–Trinajstić information content (AvgIpc) is 2.53. The van der Waals surface area contributed by atoms with E-state index in [1.165, 1.54) is 69.2 Å². The number of hydrogen-bond acceptors (Lipinski definition) is 4. The van der Waals surface area contributed by atoms with Crippen molar-refractivity contribution < 1.29 is 17.7 Å². The van der Waals surface area contributed by atoms with E-state index < -0.39 is 10.1 Å². The molecule has 0 spiro atoms. The van der Waals surface area contributed by atoms with Gasteiger partial charge in [0, 0.05) is 0 Å². The van der Waals surface area contributed by atoms with Gasteiger partial charge in [-0.2, -0.15) is 8.42 Å². The van der Waals surface area contributed by atoms with Crippen LogP contribution in [0.1, 0.15) is 71.1 Å². The summed E-state index contributed by atoms with van der Waals surface area (Å²) in [5, 5.41) is 9.16. The van der Waals surface area contributed by atoms with Crippen LogP contribution in [0.2, 0.25) is 0 Å². The molecule has 0 fully saturated rings. The van der Waals surface area contributed by atoms with Crippen LogP contribution in [0.3, 0.4) is 0 Å². The zero-order valence-electron chi connectivity index (χ0n) is 14.2. The fourth-order valence-electron chi connectivity index (χ4n) is 2.44. The summed E-state index contributed by atoms with van der Waals surface area (Å²) >= 11 is 0. The van der Waals surface area contributed by atoms with Crippen molar-refractivity contribution in [1.29, 1.82) is 0 Å². The van der Waals surface area contributed by atoms with Gasteiger partial charge >= 0.3 is 37.7 Å². The Morgan fingerprint density at radius 2 is 1.29 bits per heavy atom. The summed E-state index contributed by atoms with van der Waals surface area (Å²) in [5.74, 6) is 0.0404. The molecule has 0 atom stereocenters. The molecular weight excluding hydrogens is 352 g/mol. The summed E-state index contributed by atoms with van der Waals surface area (Å²) in [6.45, 7) is 2.45. The topological polar surface area (TPSA) is 63.6 Å². The standard InChI is InChI=1S/C18H30O4S.Ca.2H/c1-2-3-4-5-6-7-8-9-10-11-16-22-23(20,21)18-14-12-17(19)13-15-18;;;/h12-15,19H,2-11,16H2,1H3;;;. The molecule has 0 aliphatic heterocycles. The van der Waals surface area contributed by atoms with Crippen LogP contribution in [0, 0.1) is 0 Å². The molecule has 0 aromatic heterocycles. The van der Waals surface area contributed by atoms with Crippen molar-refractivity contribution >= 4 is 47.9 Å². The Hall–Kier alpha value is 0.190. The Labute approximate surface area is 177 Å². The van der Waals surface area contributed by atoms with Gasteiger partial charge in [0.25, 0.3) is 10.1 Å². The molecule has 0 saturated heterocycles. The molecule has 1 rings (SSSR count). The van der Waals surface area contributed by atoms with Crippen LogP contribution in [-0.4, -0.2) is 57.9 Å². The van der Waals surface area contributed by atoms with Crippen molar-refractivity contribution in [3.63, 3.8) is 0 Å². The van der Waals surface area contributed by atoms with Crippen molar-refractivity contribution in [1.82, 2.24) is 0 Å². The zero-order chi connectivity index (χ0) is 17.0. The van der Waals surface area contributed by atoms with E-state index in [9.17, 15) is 8.42 Å². The summed E-state index contributed by atoms with van der Waals surface area (Å²) in [6, 6.07) is 5.39. The normalized spacial score (nSPS) is 11.2. The summed E-state index contributed by atoms with van der Waals surface area (Å²) in [4.78, 5) is 0.0855. The molecule has 0 unspecified atom stereocenters. The molecule has 0 aliphatic carbocycles. The van der Waals surface area contributed by atoms with Gasteiger partial charge in [0.2, 0.25) is 0 Å².